The van der Waals surface area contributed by atoms with E-state index in [1.54, 1.807) is 0 Å². The number of ether oxygens (including phenoxy) is 3. The molecule has 0 saturated carbocycles. The van der Waals surface area contributed by atoms with Gasteiger partial charge < -0.3 is 14.2 Å². The third kappa shape index (κ3) is 49.9. The monoisotopic (exact) mass is 893 g/mol. The minimum atomic E-state index is -0.851. The van der Waals surface area contributed by atoms with Crippen LogP contribution in [0.3, 0.4) is 0 Å². The zero-order valence-electron chi connectivity index (χ0n) is 40.9. The van der Waals surface area contributed by atoms with Crippen molar-refractivity contribution in [2.75, 3.05) is 13.2 Å². The van der Waals surface area contributed by atoms with Crippen LogP contribution in [-0.2, 0) is 28.6 Å². The summed E-state index contributed by atoms with van der Waals surface area (Å²) in [4.78, 5) is 37.9. The van der Waals surface area contributed by atoms with Gasteiger partial charge in [0.05, 0.1) is 0 Å². The van der Waals surface area contributed by atoms with Gasteiger partial charge in [0.15, 0.2) is 6.10 Å². The van der Waals surface area contributed by atoms with Crippen molar-refractivity contribution in [2.24, 2.45) is 0 Å². The molecule has 6 nitrogen and oxygen atoms in total. The van der Waals surface area contributed by atoms with Gasteiger partial charge in [-0.25, -0.2) is 0 Å². The summed E-state index contributed by atoms with van der Waals surface area (Å²) >= 11 is 0. The van der Waals surface area contributed by atoms with Gasteiger partial charge in [-0.2, -0.15) is 0 Å². The highest BCUT2D eigenvalue weighted by Crippen LogP contribution is 2.11. The van der Waals surface area contributed by atoms with Crippen LogP contribution in [0, 0.1) is 0 Å². The fraction of sp³-hybridized carbons (Fsp3) is 0.508. The molecule has 0 aliphatic rings. The Labute approximate surface area is 397 Å². The molecule has 0 heterocycles. The lowest BCUT2D eigenvalue weighted by Gasteiger charge is -2.18. The summed E-state index contributed by atoms with van der Waals surface area (Å²) in [5.74, 6) is -1.13. The Morgan fingerprint density at radius 1 is 0.338 bits per heavy atom. The van der Waals surface area contributed by atoms with E-state index < -0.39 is 6.10 Å². The van der Waals surface area contributed by atoms with E-state index in [4.69, 9.17) is 14.2 Å². The number of carbonyl (C=O) groups excluding carboxylic acids is 3. The molecular weight excluding hydrogens is 805 g/mol. The van der Waals surface area contributed by atoms with Gasteiger partial charge in [-0.05, 0) is 96.3 Å². The van der Waals surface area contributed by atoms with Gasteiger partial charge in [-0.15, -0.1) is 0 Å². The molecule has 6 heteroatoms. The minimum absolute atomic E-state index is 0.151. The molecule has 0 N–H and O–H groups in total. The van der Waals surface area contributed by atoms with Crippen LogP contribution >= 0.6 is 0 Å². The van der Waals surface area contributed by atoms with Crippen molar-refractivity contribution in [2.45, 2.75) is 181 Å². The lowest BCUT2D eigenvalue weighted by Crippen LogP contribution is -2.30. The predicted molar refractivity (Wildman–Crippen MR) is 278 cm³/mol. The van der Waals surface area contributed by atoms with Crippen LogP contribution in [0.15, 0.2) is 158 Å². The summed E-state index contributed by atoms with van der Waals surface area (Å²) in [6.07, 6.45) is 75.3. The van der Waals surface area contributed by atoms with Gasteiger partial charge >= 0.3 is 17.9 Å². The first-order valence-corrected chi connectivity index (χ1v) is 25.1. The van der Waals surface area contributed by atoms with Crippen LogP contribution in [0.1, 0.15) is 175 Å². The first-order valence-electron chi connectivity index (χ1n) is 25.1. The van der Waals surface area contributed by atoms with Crippen molar-refractivity contribution in [3.8, 4) is 0 Å². The zero-order chi connectivity index (χ0) is 47.2. The van der Waals surface area contributed by atoms with Crippen molar-refractivity contribution < 1.29 is 28.6 Å². The smallest absolute Gasteiger partial charge is 0.306 e. The van der Waals surface area contributed by atoms with E-state index >= 15 is 0 Å². The lowest BCUT2D eigenvalue weighted by atomic mass is 10.1. The molecule has 65 heavy (non-hydrogen) atoms. The van der Waals surface area contributed by atoms with Gasteiger partial charge in [0.2, 0.25) is 0 Å². The minimum Gasteiger partial charge on any atom is -0.462 e. The molecule has 0 aromatic carbocycles. The van der Waals surface area contributed by atoms with E-state index in [0.29, 0.717) is 12.8 Å². The molecule has 0 radical (unpaired) electrons. The first kappa shape index (κ1) is 60.0. The van der Waals surface area contributed by atoms with Crippen LogP contribution < -0.4 is 0 Å². The molecule has 0 aliphatic heterocycles. The van der Waals surface area contributed by atoms with Crippen LogP contribution in [0.25, 0.3) is 0 Å². The second-order valence-corrected chi connectivity index (χ2v) is 15.8. The molecule has 0 spiro atoms. The Kier molecular flexibility index (Phi) is 47.7. The van der Waals surface area contributed by atoms with E-state index in [2.05, 4.69) is 112 Å². The Hall–Kier alpha value is -4.97. The first-order chi connectivity index (χ1) is 32.0. The average molecular weight is 893 g/mol. The van der Waals surface area contributed by atoms with Crippen LogP contribution in [0.5, 0.6) is 0 Å². The lowest BCUT2D eigenvalue weighted by molar-refractivity contribution is -0.166. The highest BCUT2D eigenvalue weighted by atomic mass is 16.6. The van der Waals surface area contributed by atoms with Crippen molar-refractivity contribution in [3.63, 3.8) is 0 Å². The third-order valence-electron chi connectivity index (χ3n) is 9.67. The maximum Gasteiger partial charge on any atom is 0.306 e. The van der Waals surface area contributed by atoms with Crippen LogP contribution in [0.2, 0.25) is 0 Å². The zero-order valence-corrected chi connectivity index (χ0v) is 40.9. The number of unbranched alkanes of at least 4 members (excludes halogenated alkanes) is 10. The standard InChI is InChI=1S/C59H88O6/c1-4-7-10-13-16-19-22-25-27-28-29-30-32-34-37-40-43-46-49-52-58(61)64-55-56(54-63-57(60)51-48-45-42-39-36-33-24-21-18-15-12-9-6-3)65-59(62)53-50-47-44-41-38-35-31-26-23-20-17-14-11-8-5-2/h7,9-10,12,15-21,23-27,29-30,33-34,36-37,39,42-43,46,56H,4-6,8,11,13-14,22,28,31-32,35,38,40-41,44-45,47-55H2,1-3H3/b10-7-,12-9-,18-15-,19-16-,20-17-,24-21-,26-23-,27-25-,30-29-,36-33-,37-34-,42-39-,46-43-. The largest absolute Gasteiger partial charge is 0.462 e. The van der Waals surface area contributed by atoms with E-state index in [9.17, 15) is 14.4 Å². The third-order valence-corrected chi connectivity index (χ3v) is 9.67. The molecule has 0 bridgehead atoms. The molecule has 0 aromatic rings. The highest BCUT2D eigenvalue weighted by Gasteiger charge is 2.19. The summed E-state index contributed by atoms with van der Waals surface area (Å²) in [5.41, 5.74) is 0. The molecule has 0 fully saturated rings. The summed E-state index contributed by atoms with van der Waals surface area (Å²) in [6, 6.07) is 0. The quantitative estimate of drug-likeness (QED) is 0.0200. The molecule has 0 saturated heterocycles. The predicted octanol–water partition coefficient (Wildman–Crippen LogP) is 16.6. The van der Waals surface area contributed by atoms with E-state index in [1.807, 2.05) is 66.8 Å². The van der Waals surface area contributed by atoms with Crippen molar-refractivity contribution in [1.82, 2.24) is 0 Å². The van der Waals surface area contributed by atoms with Gasteiger partial charge in [0.25, 0.3) is 0 Å². The number of hydrogen-bond acceptors (Lipinski definition) is 6. The summed E-state index contributed by atoms with van der Waals surface area (Å²) < 4.78 is 16.6. The Morgan fingerprint density at radius 3 is 1.25 bits per heavy atom. The highest BCUT2D eigenvalue weighted by molar-refractivity contribution is 5.71. The fourth-order valence-electron chi connectivity index (χ4n) is 5.96. The fourth-order valence-corrected chi connectivity index (χ4v) is 5.96. The molecule has 0 rings (SSSR count). The Morgan fingerprint density at radius 2 is 0.723 bits per heavy atom. The maximum atomic E-state index is 12.8. The molecule has 0 aromatic heterocycles. The Bertz CT molecular complexity index is 1540. The second kappa shape index (κ2) is 51.7. The topological polar surface area (TPSA) is 78.9 Å². The van der Waals surface area contributed by atoms with E-state index in [0.717, 1.165) is 89.9 Å². The van der Waals surface area contributed by atoms with Gasteiger partial charge in [0, 0.05) is 19.3 Å². The molecule has 0 aliphatic carbocycles. The number of carbonyl (C=O) groups is 3. The normalized spacial score (nSPS) is 13.5. The Balaban J connectivity index is 4.65. The molecule has 0 amide bonds. The molecular formula is C59H88O6. The van der Waals surface area contributed by atoms with E-state index in [1.165, 1.54) is 32.1 Å². The van der Waals surface area contributed by atoms with Crippen molar-refractivity contribution in [1.29, 1.82) is 0 Å². The van der Waals surface area contributed by atoms with Crippen LogP contribution in [-0.4, -0.2) is 37.2 Å². The van der Waals surface area contributed by atoms with Gasteiger partial charge in [-0.1, -0.05) is 217 Å². The number of esters is 3. The number of rotatable bonds is 42. The second-order valence-electron chi connectivity index (χ2n) is 15.8. The van der Waals surface area contributed by atoms with Crippen molar-refractivity contribution >= 4 is 17.9 Å². The summed E-state index contributed by atoms with van der Waals surface area (Å²) in [5, 5.41) is 0. The van der Waals surface area contributed by atoms with Gasteiger partial charge in [0.1, 0.15) is 13.2 Å². The van der Waals surface area contributed by atoms with Gasteiger partial charge in [-0.3, -0.25) is 14.4 Å². The van der Waals surface area contributed by atoms with Crippen molar-refractivity contribution in [3.05, 3.63) is 158 Å². The van der Waals surface area contributed by atoms with E-state index in [-0.39, 0.29) is 50.4 Å². The molecule has 1 unspecified atom stereocenters. The molecule has 360 valence electrons. The average Bonchev–Trinajstić information content (AvgIpc) is 3.30. The maximum absolute atomic E-state index is 12.8. The summed E-state index contributed by atoms with van der Waals surface area (Å²) in [7, 11) is 0. The van der Waals surface area contributed by atoms with Crippen LogP contribution in [0.4, 0.5) is 0 Å². The summed E-state index contributed by atoms with van der Waals surface area (Å²) in [6.45, 7) is 6.17. The number of hydrogen-bond donors (Lipinski definition) is 0. The molecule has 1 atom stereocenters. The SMILES string of the molecule is CC\C=C/C=C\C=C/C=C\C=C/CCCC(=O)OCC(COC(=O)CC/C=C\C/C=C\C/C=C\C/C=C\C/C=C\C/C=C\CC)OC(=O)CCCCCCCC/C=C\C=C/CCCCC. The number of allylic oxidation sites excluding steroid dienone is 26.